The van der Waals surface area contributed by atoms with Crippen molar-refractivity contribution in [2.75, 3.05) is 6.61 Å². The molecule has 0 radical (unpaired) electrons. The lowest BCUT2D eigenvalue weighted by atomic mass is 10.2. The van der Waals surface area contributed by atoms with Crippen molar-refractivity contribution in [3.05, 3.63) is 28.2 Å². The highest BCUT2D eigenvalue weighted by Crippen LogP contribution is 2.25. The zero-order chi connectivity index (χ0) is 11.4. The first-order chi connectivity index (χ1) is 7.79. The number of hydrogen-bond donors (Lipinski definition) is 1. The molecule has 1 aliphatic rings. The Labute approximate surface area is 104 Å². The van der Waals surface area contributed by atoms with E-state index in [1.54, 1.807) is 0 Å². The summed E-state index contributed by atoms with van der Waals surface area (Å²) in [6, 6.07) is 8.50. The lowest BCUT2D eigenvalue weighted by Crippen LogP contribution is -2.16. The van der Waals surface area contributed by atoms with Crippen molar-refractivity contribution in [3.8, 4) is 11.8 Å². The SMILES string of the molecule is N#CCOc1ccc(Br)cc1CNC1CC1. The molecule has 84 valence electrons. The third-order valence-electron chi connectivity index (χ3n) is 2.47. The molecule has 2 rings (SSSR count). The van der Waals surface area contributed by atoms with Crippen molar-refractivity contribution in [2.24, 2.45) is 0 Å². The van der Waals surface area contributed by atoms with Crippen LogP contribution in [0.25, 0.3) is 0 Å². The van der Waals surface area contributed by atoms with Gasteiger partial charge in [0.05, 0.1) is 0 Å². The minimum atomic E-state index is 0.0953. The number of halogens is 1. The van der Waals surface area contributed by atoms with Gasteiger partial charge in [-0.25, -0.2) is 0 Å². The van der Waals surface area contributed by atoms with Crippen molar-refractivity contribution in [3.63, 3.8) is 0 Å². The van der Waals surface area contributed by atoms with Gasteiger partial charge >= 0.3 is 0 Å². The smallest absolute Gasteiger partial charge is 0.174 e. The van der Waals surface area contributed by atoms with Gasteiger partial charge in [0.25, 0.3) is 0 Å². The zero-order valence-corrected chi connectivity index (χ0v) is 10.5. The molecule has 0 bridgehead atoms. The second kappa shape index (κ2) is 5.33. The van der Waals surface area contributed by atoms with E-state index in [0.29, 0.717) is 6.04 Å². The van der Waals surface area contributed by atoms with Crippen LogP contribution in [0.1, 0.15) is 18.4 Å². The Morgan fingerprint density at radius 2 is 2.31 bits per heavy atom. The van der Waals surface area contributed by atoms with Gasteiger partial charge in [-0.2, -0.15) is 5.26 Å². The molecule has 0 saturated heterocycles. The van der Waals surface area contributed by atoms with Crippen LogP contribution >= 0.6 is 15.9 Å². The molecule has 0 unspecified atom stereocenters. The molecule has 1 saturated carbocycles. The molecule has 0 aromatic heterocycles. The van der Waals surface area contributed by atoms with Gasteiger partial charge < -0.3 is 10.1 Å². The Morgan fingerprint density at radius 3 is 3.00 bits per heavy atom. The molecule has 1 fully saturated rings. The maximum Gasteiger partial charge on any atom is 0.174 e. The first kappa shape index (κ1) is 11.4. The number of ether oxygens (including phenoxy) is 1. The summed E-state index contributed by atoms with van der Waals surface area (Å²) in [6.07, 6.45) is 2.53. The quantitative estimate of drug-likeness (QED) is 0.902. The average molecular weight is 281 g/mol. The third kappa shape index (κ3) is 3.22. The van der Waals surface area contributed by atoms with Crippen LogP contribution in [0.3, 0.4) is 0 Å². The predicted octanol–water partition coefficient (Wildman–Crippen LogP) is 2.60. The van der Waals surface area contributed by atoms with E-state index in [2.05, 4.69) is 21.2 Å². The molecule has 1 N–H and O–H groups in total. The summed E-state index contributed by atoms with van der Waals surface area (Å²) in [5, 5.41) is 11.9. The van der Waals surface area contributed by atoms with Gasteiger partial charge in [-0.1, -0.05) is 15.9 Å². The van der Waals surface area contributed by atoms with E-state index in [-0.39, 0.29) is 6.61 Å². The molecule has 16 heavy (non-hydrogen) atoms. The highest BCUT2D eigenvalue weighted by Gasteiger charge is 2.20. The van der Waals surface area contributed by atoms with E-state index in [1.165, 1.54) is 12.8 Å². The Hall–Kier alpha value is -1.05. The van der Waals surface area contributed by atoms with Crippen molar-refractivity contribution < 1.29 is 4.74 Å². The molecule has 0 amide bonds. The summed E-state index contributed by atoms with van der Waals surface area (Å²) in [4.78, 5) is 0. The van der Waals surface area contributed by atoms with Gasteiger partial charge in [-0.05, 0) is 31.0 Å². The van der Waals surface area contributed by atoms with Gasteiger partial charge in [0, 0.05) is 22.6 Å². The van der Waals surface area contributed by atoms with Gasteiger partial charge in [-0.3, -0.25) is 0 Å². The molecule has 0 heterocycles. The first-order valence-electron chi connectivity index (χ1n) is 5.31. The van der Waals surface area contributed by atoms with Crippen LogP contribution in [0.2, 0.25) is 0 Å². The summed E-state index contributed by atoms with van der Waals surface area (Å²) in [5.74, 6) is 0.790. The summed E-state index contributed by atoms with van der Waals surface area (Å²) < 4.78 is 6.40. The fourth-order valence-electron chi connectivity index (χ4n) is 1.48. The molecule has 1 aromatic rings. The molecule has 1 aliphatic carbocycles. The second-order valence-corrected chi connectivity index (χ2v) is 4.77. The van der Waals surface area contributed by atoms with E-state index in [4.69, 9.17) is 10.00 Å². The molecule has 0 spiro atoms. The molecular weight excluding hydrogens is 268 g/mol. The fourth-order valence-corrected chi connectivity index (χ4v) is 1.89. The summed E-state index contributed by atoms with van der Waals surface area (Å²) in [6.45, 7) is 0.892. The highest BCUT2D eigenvalue weighted by atomic mass is 79.9. The molecule has 1 aromatic carbocycles. The molecule has 0 aliphatic heterocycles. The van der Waals surface area contributed by atoms with E-state index >= 15 is 0 Å². The van der Waals surface area contributed by atoms with Crippen LogP contribution in [0.5, 0.6) is 5.75 Å². The fraction of sp³-hybridized carbons (Fsp3) is 0.417. The second-order valence-electron chi connectivity index (χ2n) is 3.85. The Bertz CT molecular complexity index is 410. The summed E-state index contributed by atoms with van der Waals surface area (Å²) in [7, 11) is 0. The van der Waals surface area contributed by atoms with Crippen LogP contribution in [-0.4, -0.2) is 12.6 Å². The summed E-state index contributed by atoms with van der Waals surface area (Å²) in [5.41, 5.74) is 1.09. The molecule has 0 atom stereocenters. The van der Waals surface area contributed by atoms with Crippen LogP contribution in [-0.2, 0) is 6.54 Å². The number of hydrogen-bond acceptors (Lipinski definition) is 3. The largest absolute Gasteiger partial charge is 0.478 e. The van der Waals surface area contributed by atoms with Gasteiger partial charge in [0.2, 0.25) is 0 Å². The lowest BCUT2D eigenvalue weighted by Gasteiger charge is -2.10. The number of nitrogens with zero attached hydrogens (tertiary/aromatic N) is 1. The molecule has 3 nitrogen and oxygen atoms in total. The Morgan fingerprint density at radius 1 is 1.50 bits per heavy atom. The summed E-state index contributed by atoms with van der Waals surface area (Å²) >= 11 is 3.44. The van der Waals surface area contributed by atoms with Crippen molar-refractivity contribution >= 4 is 15.9 Å². The highest BCUT2D eigenvalue weighted by molar-refractivity contribution is 9.10. The number of nitrogens with one attached hydrogen (secondary N) is 1. The van der Waals surface area contributed by atoms with Crippen molar-refractivity contribution in [2.45, 2.75) is 25.4 Å². The van der Waals surface area contributed by atoms with E-state index in [0.717, 1.165) is 22.3 Å². The number of benzene rings is 1. The van der Waals surface area contributed by atoms with Gasteiger partial charge in [0.1, 0.15) is 11.8 Å². The van der Waals surface area contributed by atoms with Gasteiger partial charge in [-0.15, -0.1) is 0 Å². The Kier molecular flexibility index (Phi) is 3.81. The van der Waals surface area contributed by atoms with Crippen LogP contribution < -0.4 is 10.1 Å². The lowest BCUT2D eigenvalue weighted by molar-refractivity contribution is 0.362. The maximum absolute atomic E-state index is 8.50. The standard InChI is InChI=1S/C12H13BrN2O/c13-10-1-4-12(16-6-5-14)9(7-10)8-15-11-2-3-11/h1,4,7,11,15H,2-3,6,8H2. The third-order valence-corrected chi connectivity index (χ3v) is 2.97. The van der Waals surface area contributed by atoms with E-state index < -0.39 is 0 Å². The molecular formula is C12H13BrN2O. The number of nitriles is 1. The van der Waals surface area contributed by atoms with Crippen LogP contribution in [0.15, 0.2) is 22.7 Å². The van der Waals surface area contributed by atoms with E-state index in [1.807, 2.05) is 24.3 Å². The predicted molar refractivity (Wildman–Crippen MR) is 65.1 cm³/mol. The topological polar surface area (TPSA) is 45.0 Å². The first-order valence-corrected chi connectivity index (χ1v) is 6.10. The minimum absolute atomic E-state index is 0.0953. The normalized spacial score (nSPS) is 14.5. The monoisotopic (exact) mass is 280 g/mol. The Balaban J connectivity index is 2.04. The van der Waals surface area contributed by atoms with Crippen LogP contribution in [0.4, 0.5) is 0 Å². The zero-order valence-electron chi connectivity index (χ0n) is 8.87. The van der Waals surface area contributed by atoms with Crippen LogP contribution in [0, 0.1) is 11.3 Å². The van der Waals surface area contributed by atoms with Gasteiger partial charge in [0.15, 0.2) is 6.61 Å². The molecule has 4 heteroatoms. The average Bonchev–Trinajstić information content (AvgIpc) is 3.09. The van der Waals surface area contributed by atoms with Crippen molar-refractivity contribution in [1.82, 2.24) is 5.32 Å². The van der Waals surface area contributed by atoms with Crippen molar-refractivity contribution in [1.29, 1.82) is 5.26 Å². The maximum atomic E-state index is 8.50. The van der Waals surface area contributed by atoms with E-state index in [9.17, 15) is 0 Å². The minimum Gasteiger partial charge on any atom is -0.478 e. The number of rotatable bonds is 5.